The van der Waals surface area contributed by atoms with Crippen LogP contribution in [0.3, 0.4) is 0 Å². The van der Waals surface area contributed by atoms with Crippen molar-refractivity contribution >= 4 is 5.97 Å². The summed E-state index contributed by atoms with van der Waals surface area (Å²) >= 11 is 0. The molecular formula is C38H35NO5. The molecule has 0 amide bonds. The van der Waals surface area contributed by atoms with Gasteiger partial charge in [-0.2, -0.15) is 0 Å². The quantitative estimate of drug-likeness (QED) is 0.192. The van der Waals surface area contributed by atoms with Crippen LogP contribution in [0.1, 0.15) is 40.8 Å². The van der Waals surface area contributed by atoms with Gasteiger partial charge in [0.1, 0.15) is 49.7 Å². The van der Waals surface area contributed by atoms with Gasteiger partial charge < -0.3 is 18.9 Å². The Bertz CT molecular complexity index is 1600. The molecule has 4 aromatic carbocycles. The number of carbonyl (C=O) groups excluding carboxylic acids is 1. The second-order valence-electron chi connectivity index (χ2n) is 11.4. The fourth-order valence-electron chi connectivity index (χ4n) is 6.26. The lowest BCUT2D eigenvalue weighted by Crippen LogP contribution is -2.52. The minimum Gasteiger partial charge on any atom is -0.489 e. The van der Waals surface area contributed by atoms with Crippen LogP contribution >= 0.6 is 0 Å². The largest absolute Gasteiger partial charge is 0.489 e. The zero-order valence-corrected chi connectivity index (χ0v) is 24.4. The van der Waals surface area contributed by atoms with Crippen LogP contribution in [0.5, 0.6) is 5.75 Å². The number of esters is 1. The molecule has 2 heterocycles. The van der Waals surface area contributed by atoms with E-state index in [1.165, 1.54) is 0 Å². The number of hydrogen-bond donors (Lipinski definition) is 0. The first-order valence-electron chi connectivity index (χ1n) is 15.2. The van der Waals surface area contributed by atoms with Crippen molar-refractivity contribution in [1.82, 2.24) is 4.90 Å². The highest BCUT2D eigenvalue weighted by atomic mass is 16.6. The van der Waals surface area contributed by atoms with Crippen molar-refractivity contribution in [3.8, 4) is 5.75 Å². The third kappa shape index (κ3) is 6.05. The van der Waals surface area contributed by atoms with Gasteiger partial charge in [0.15, 0.2) is 0 Å². The Kier molecular flexibility index (Phi) is 8.26. The maximum absolute atomic E-state index is 13.4. The highest BCUT2D eigenvalue weighted by molar-refractivity contribution is 5.78. The number of cyclic esters (lactones) is 1. The number of fused-ring (bicyclic) bond motifs is 1. The first kappa shape index (κ1) is 28.1. The fraction of sp³-hybridized carbons (Fsp3) is 0.237. The zero-order chi connectivity index (χ0) is 29.7. The third-order valence-electron chi connectivity index (χ3n) is 8.53. The van der Waals surface area contributed by atoms with E-state index in [-0.39, 0.29) is 30.8 Å². The first-order chi connectivity index (χ1) is 21.7. The Labute approximate surface area is 258 Å². The number of ether oxygens (including phenoxy) is 4. The molecule has 2 unspecified atom stereocenters. The second kappa shape index (κ2) is 12.9. The second-order valence-corrected chi connectivity index (χ2v) is 11.4. The van der Waals surface area contributed by atoms with Gasteiger partial charge >= 0.3 is 5.97 Å². The number of rotatable bonds is 9. The summed E-state index contributed by atoms with van der Waals surface area (Å²) in [7, 11) is 0. The predicted octanol–water partition coefficient (Wildman–Crippen LogP) is 7.31. The van der Waals surface area contributed by atoms with Crippen LogP contribution in [0.4, 0.5) is 0 Å². The number of carbonyl (C=O) groups is 1. The lowest BCUT2D eigenvalue weighted by atomic mass is 9.93. The van der Waals surface area contributed by atoms with Crippen LogP contribution in [0.2, 0.25) is 0 Å². The van der Waals surface area contributed by atoms with E-state index >= 15 is 0 Å². The van der Waals surface area contributed by atoms with E-state index in [0.717, 1.165) is 40.2 Å². The fourth-order valence-corrected chi connectivity index (χ4v) is 6.26. The van der Waals surface area contributed by atoms with E-state index in [2.05, 4.69) is 41.3 Å². The predicted molar refractivity (Wildman–Crippen MR) is 167 cm³/mol. The van der Waals surface area contributed by atoms with Crippen LogP contribution in [-0.4, -0.2) is 29.7 Å². The van der Waals surface area contributed by atoms with E-state index in [1.807, 2.05) is 97.1 Å². The van der Waals surface area contributed by atoms with Gasteiger partial charge in [0.05, 0.1) is 6.04 Å². The molecule has 0 aromatic heterocycles. The summed E-state index contributed by atoms with van der Waals surface area (Å²) in [6, 6.07) is 37.7. The summed E-state index contributed by atoms with van der Waals surface area (Å²) in [6.45, 7) is 1.29. The molecule has 2 fully saturated rings. The molecule has 0 spiro atoms. The minimum absolute atomic E-state index is 0.0390. The molecule has 7 rings (SSSR count). The van der Waals surface area contributed by atoms with Crippen LogP contribution < -0.4 is 4.74 Å². The molecule has 44 heavy (non-hydrogen) atoms. The average Bonchev–Trinajstić information content (AvgIpc) is 3.50. The zero-order valence-electron chi connectivity index (χ0n) is 24.4. The molecule has 1 aliphatic carbocycles. The van der Waals surface area contributed by atoms with Gasteiger partial charge in [0.2, 0.25) is 0 Å². The average molecular weight is 586 g/mol. The number of hydrogen-bond acceptors (Lipinski definition) is 6. The molecule has 2 saturated heterocycles. The van der Waals surface area contributed by atoms with Crippen LogP contribution in [-0.2, 0) is 32.2 Å². The van der Waals surface area contributed by atoms with E-state index in [1.54, 1.807) is 0 Å². The van der Waals surface area contributed by atoms with Crippen LogP contribution in [0, 0.1) is 5.92 Å². The van der Waals surface area contributed by atoms with E-state index in [9.17, 15) is 4.79 Å². The molecule has 4 aromatic rings. The highest BCUT2D eigenvalue weighted by Crippen LogP contribution is 2.47. The minimum atomic E-state index is -0.567. The van der Waals surface area contributed by atoms with Gasteiger partial charge in [0, 0.05) is 5.92 Å². The van der Waals surface area contributed by atoms with Gasteiger partial charge in [-0.15, -0.1) is 0 Å². The van der Waals surface area contributed by atoms with Crippen molar-refractivity contribution in [3.05, 3.63) is 162 Å². The Balaban J connectivity index is 1.12. The van der Waals surface area contributed by atoms with Gasteiger partial charge in [-0.25, -0.2) is 0 Å². The topological polar surface area (TPSA) is 57.2 Å². The molecule has 3 aliphatic rings. The Hall–Kier alpha value is -4.65. The molecule has 6 heteroatoms. The molecule has 0 radical (unpaired) electrons. The van der Waals surface area contributed by atoms with Gasteiger partial charge in [-0.1, -0.05) is 109 Å². The van der Waals surface area contributed by atoms with Crippen molar-refractivity contribution < 1.29 is 23.7 Å². The lowest BCUT2D eigenvalue weighted by Gasteiger charge is -2.40. The third-order valence-corrected chi connectivity index (χ3v) is 8.53. The summed E-state index contributed by atoms with van der Waals surface area (Å²) in [6.07, 6.45) is 6.26. The summed E-state index contributed by atoms with van der Waals surface area (Å²) in [5, 5.41) is 0. The summed E-state index contributed by atoms with van der Waals surface area (Å²) in [4.78, 5) is 15.7. The Morgan fingerprint density at radius 1 is 0.727 bits per heavy atom. The molecule has 222 valence electrons. The van der Waals surface area contributed by atoms with E-state index in [4.69, 9.17) is 18.9 Å². The lowest BCUT2D eigenvalue weighted by molar-refractivity contribution is -0.163. The van der Waals surface area contributed by atoms with Gasteiger partial charge in [0.25, 0.3) is 0 Å². The Morgan fingerprint density at radius 2 is 1.36 bits per heavy atom. The molecule has 2 aliphatic heterocycles. The van der Waals surface area contributed by atoms with Crippen molar-refractivity contribution in [3.63, 3.8) is 0 Å². The number of morpholine rings is 1. The maximum atomic E-state index is 13.4. The summed E-state index contributed by atoms with van der Waals surface area (Å²) < 4.78 is 24.8. The van der Waals surface area contributed by atoms with E-state index in [0.29, 0.717) is 13.2 Å². The Morgan fingerprint density at radius 3 is 2.00 bits per heavy atom. The number of nitrogens with zero attached hydrogens (tertiary/aromatic N) is 1. The number of benzene rings is 4. The van der Waals surface area contributed by atoms with Crippen LogP contribution in [0.25, 0.3) is 0 Å². The standard InChI is InChI=1S/C38H35NO5/c40-38-35-36(30-16-20-32(21-17-30)41-24-27-10-4-1-5-11-27)44-37(39(35)34(26-43-38)29-14-8-3-9-15-29)31-18-22-33(23-19-31)42-25-28-12-6-2-7-13-28/h1-18,20-23,31,34-37H,19,24-26H2/t31-,34-,35?,36-,37?/m1/s1. The number of allylic oxidation sites excluding steroid dienone is 2. The molecule has 6 nitrogen and oxygen atoms in total. The van der Waals surface area contributed by atoms with Crippen molar-refractivity contribution in [2.24, 2.45) is 5.92 Å². The monoisotopic (exact) mass is 585 g/mol. The summed E-state index contributed by atoms with van der Waals surface area (Å²) in [5.74, 6) is 1.40. The molecule has 0 N–H and O–H groups in total. The van der Waals surface area contributed by atoms with Crippen molar-refractivity contribution in [2.75, 3.05) is 6.61 Å². The van der Waals surface area contributed by atoms with Crippen molar-refractivity contribution in [2.45, 2.75) is 44.1 Å². The van der Waals surface area contributed by atoms with Gasteiger partial charge in [-0.3, -0.25) is 9.69 Å². The molecule has 5 atom stereocenters. The smallest absolute Gasteiger partial charge is 0.326 e. The highest BCUT2D eigenvalue weighted by Gasteiger charge is 2.55. The molecule has 0 saturated carbocycles. The molecule has 0 bridgehead atoms. The van der Waals surface area contributed by atoms with Gasteiger partial charge in [-0.05, 0) is 53.0 Å². The summed E-state index contributed by atoms with van der Waals surface area (Å²) in [5.41, 5.74) is 4.26. The maximum Gasteiger partial charge on any atom is 0.326 e. The SMILES string of the molecule is O=C1OC[C@H](c2ccccc2)N2C([C@@H]3C=CC(OCc4ccccc4)=CC3)O[C@H](c3ccc(OCc4ccccc4)cc3)C12. The normalized spacial score (nSPS) is 24.7. The van der Waals surface area contributed by atoms with Crippen LogP contribution in [0.15, 0.2) is 139 Å². The van der Waals surface area contributed by atoms with E-state index < -0.39 is 12.1 Å². The molecular weight excluding hydrogens is 550 g/mol. The first-order valence-corrected chi connectivity index (χ1v) is 15.2. The van der Waals surface area contributed by atoms with Crippen molar-refractivity contribution in [1.29, 1.82) is 0 Å².